The summed E-state index contributed by atoms with van der Waals surface area (Å²) < 4.78 is 32.2. The molecule has 3 aromatic rings. The van der Waals surface area contributed by atoms with Gasteiger partial charge in [-0.25, -0.2) is 12.4 Å². The van der Waals surface area contributed by atoms with Crippen LogP contribution in [0.5, 0.6) is 5.75 Å². The van der Waals surface area contributed by atoms with Gasteiger partial charge in [-0.2, -0.15) is 0 Å². The molecule has 0 radical (unpaired) electrons. The van der Waals surface area contributed by atoms with Crippen LogP contribution in [-0.2, 0) is 10.0 Å². The second kappa shape index (κ2) is 6.02. The number of benzene rings is 2. The van der Waals surface area contributed by atoms with E-state index in [2.05, 4.69) is 0 Å². The van der Waals surface area contributed by atoms with E-state index in [9.17, 15) is 8.42 Å². The van der Waals surface area contributed by atoms with Crippen molar-refractivity contribution in [1.82, 2.24) is 3.97 Å². The minimum absolute atomic E-state index is 0.250. The number of ether oxygens (including phenoxy) is 1. The van der Waals surface area contributed by atoms with Crippen molar-refractivity contribution < 1.29 is 13.2 Å². The van der Waals surface area contributed by atoms with Crippen molar-refractivity contribution in [3.8, 4) is 5.75 Å². The maximum Gasteiger partial charge on any atom is 0.268 e. The molecule has 0 saturated heterocycles. The van der Waals surface area contributed by atoms with Crippen molar-refractivity contribution in [3.63, 3.8) is 0 Å². The van der Waals surface area contributed by atoms with Crippen molar-refractivity contribution in [2.24, 2.45) is 0 Å². The van der Waals surface area contributed by atoms with Crippen LogP contribution < -0.4 is 4.74 Å². The van der Waals surface area contributed by atoms with E-state index >= 15 is 0 Å². The lowest BCUT2D eigenvalue weighted by molar-refractivity contribution is 0.343. The molecular weight excluding hydrogens is 322 g/mol. The number of halogens is 1. The molecule has 3 rings (SSSR count). The van der Waals surface area contributed by atoms with Gasteiger partial charge in [0.15, 0.2) is 0 Å². The van der Waals surface area contributed by atoms with Crippen molar-refractivity contribution in [2.75, 3.05) is 12.5 Å². The minimum atomic E-state index is -3.62. The molecule has 0 atom stereocenters. The SMILES string of the molecule is O=S(=O)(c1ccccc1)n1ccc2ccc(OCCCl)cc21. The lowest BCUT2D eigenvalue weighted by Gasteiger charge is -2.09. The Balaban J connectivity index is 2.11. The number of aromatic nitrogens is 1. The van der Waals surface area contributed by atoms with Crippen LogP contribution in [0.2, 0.25) is 0 Å². The minimum Gasteiger partial charge on any atom is -0.492 e. The van der Waals surface area contributed by atoms with E-state index in [4.69, 9.17) is 16.3 Å². The Labute approximate surface area is 133 Å². The third-order valence-corrected chi connectivity index (χ3v) is 5.13. The van der Waals surface area contributed by atoms with Gasteiger partial charge in [-0.15, -0.1) is 11.6 Å². The first-order valence-corrected chi connectivity index (χ1v) is 8.71. The molecule has 2 aromatic carbocycles. The van der Waals surface area contributed by atoms with E-state index in [1.807, 2.05) is 6.07 Å². The van der Waals surface area contributed by atoms with E-state index in [0.29, 0.717) is 23.8 Å². The molecule has 6 heteroatoms. The van der Waals surface area contributed by atoms with Crippen LogP contribution in [-0.4, -0.2) is 24.9 Å². The molecular formula is C16H14ClNO3S. The van der Waals surface area contributed by atoms with Gasteiger partial charge >= 0.3 is 0 Å². The molecule has 0 unspecified atom stereocenters. The van der Waals surface area contributed by atoms with Crippen LogP contribution in [0, 0.1) is 0 Å². The van der Waals surface area contributed by atoms with Gasteiger partial charge in [0.25, 0.3) is 10.0 Å². The average molecular weight is 336 g/mol. The Morgan fingerprint density at radius 1 is 1.05 bits per heavy atom. The maximum atomic E-state index is 12.7. The molecule has 0 saturated carbocycles. The molecule has 0 aliphatic heterocycles. The monoisotopic (exact) mass is 335 g/mol. The van der Waals surface area contributed by atoms with Gasteiger partial charge in [0.2, 0.25) is 0 Å². The zero-order chi connectivity index (χ0) is 15.6. The summed E-state index contributed by atoms with van der Waals surface area (Å²) in [6.07, 6.45) is 1.55. The normalized spacial score (nSPS) is 11.7. The first kappa shape index (κ1) is 14.9. The molecule has 0 N–H and O–H groups in total. The number of hydrogen-bond acceptors (Lipinski definition) is 3. The molecule has 0 bridgehead atoms. The molecule has 4 nitrogen and oxygen atoms in total. The highest BCUT2D eigenvalue weighted by molar-refractivity contribution is 7.90. The van der Waals surface area contributed by atoms with Gasteiger partial charge in [-0.05, 0) is 30.3 Å². The maximum absolute atomic E-state index is 12.7. The van der Waals surface area contributed by atoms with Crippen molar-refractivity contribution >= 4 is 32.5 Å². The van der Waals surface area contributed by atoms with Crippen LogP contribution in [0.4, 0.5) is 0 Å². The first-order valence-electron chi connectivity index (χ1n) is 6.73. The molecule has 1 heterocycles. The lowest BCUT2D eigenvalue weighted by Crippen LogP contribution is -2.11. The van der Waals surface area contributed by atoms with Gasteiger partial charge in [0, 0.05) is 17.6 Å². The largest absolute Gasteiger partial charge is 0.492 e. The molecule has 22 heavy (non-hydrogen) atoms. The Morgan fingerprint density at radius 2 is 1.82 bits per heavy atom. The van der Waals surface area contributed by atoms with Crippen LogP contribution in [0.25, 0.3) is 10.9 Å². The quantitative estimate of drug-likeness (QED) is 0.670. The molecule has 0 spiro atoms. The van der Waals surface area contributed by atoms with E-state index in [-0.39, 0.29) is 4.90 Å². The highest BCUT2D eigenvalue weighted by Crippen LogP contribution is 2.25. The molecule has 114 valence electrons. The first-order chi connectivity index (χ1) is 10.6. The summed E-state index contributed by atoms with van der Waals surface area (Å²) in [7, 11) is -3.62. The van der Waals surface area contributed by atoms with E-state index < -0.39 is 10.0 Å². The number of nitrogens with zero attached hydrogens (tertiary/aromatic N) is 1. The van der Waals surface area contributed by atoms with Crippen molar-refractivity contribution in [3.05, 3.63) is 60.8 Å². The third-order valence-electron chi connectivity index (χ3n) is 3.27. The summed E-state index contributed by atoms with van der Waals surface area (Å²) in [5.41, 5.74) is 0.580. The summed E-state index contributed by atoms with van der Waals surface area (Å²) in [6.45, 7) is 0.374. The van der Waals surface area contributed by atoms with E-state index in [0.717, 1.165) is 5.39 Å². The highest BCUT2D eigenvalue weighted by Gasteiger charge is 2.18. The van der Waals surface area contributed by atoms with E-state index in [1.54, 1.807) is 54.7 Å². The van der Waals surface area contributed by atoms with Gasteiger partial charge in [-0.3, -0.25) is 0 Å². The number of fused-ring (bicyclic) bond motifs is 1. The number of hydrogen-bond donors (Lipinski definition) is 0. The van der Waals surface area contributed by atoms with Crippen LogP contribution in [0.1, 0.15) is 0 Å². The fourth-order valence-corrected chi connectivity index (χ4v) is 3.69. The van der Waals surface area contributed by atoms with Gasteiger partial charge in [0.1, 0.15) is 12.4 Å². The van der Waals surface area contributed by atoms with Gasteiger partial charge in [0.05, 0.1) is 16.3 Å². The Kier molecular flexibility index (Phi) is 4.09. The second-order valence-electron chi connectivity index (χ2n) is 4.69. The summed E-state index contributed by atoms with van der Waals surface area (Å²) in [4.78, 5) is 0.250. The molecule has 0 amide bonds. The van der Waals surface area contributed by atoms with E-state index in [1.165, 1.54) is 3.97 Å². The average Bonchev–Trinajstić information content (AvgIpc) is 2.97. The molecule has 0 aliphatic rings. The zero-order valence-electron chi connectivity index (χ0n) is 11.6. The number of rotatable bonds is 5. The molecule has 0 fully saturated rings. The third kappa shape index (κ3) is 2.69. The summed E-state index contributed by atoms with van der Waals surface area (Å²) in [5, 5.41) is 0.831. The standard InChI is InChI=1S/C16H14ClNO3S/c17-9-11-21-14-7-6-13-8-10-18(16(13)12-14)22(19,20)15-4-2-1-3-5-15/h1-8,10,12H,9,11H2. The van der Waals surface area contributed by atoms with Gasteiger partial charge in [-0.1, -0.05) is 18.2 Å². The lowest BCUT2D eigenvalue weighted by atomic mass is 10.2. The Bertz CT molecular complexity index is 888. The van der Waals surface area contributed by atoms with Crippen LogP contribution in [0.15, 0.2) is 65.7 Å². The predicted octanol–water partition coefficient (Wildman–Crippen LogP) is 3.50. The summed E-state index contributed by atoms with van der Waals surface area (Å²) >= 11 is 5.61. The Morgan fingerprint density at radius 3 is 2.55 bits per heavy atom. The van der Waals surface area contributed by atoms with Crippen LogP contribution in [0.3, 0.4) is 0 Å². The fraction of sp³-hybridized carbons (Fsp3) is 0.125. The predicted molar refractivity (Wildman–Crippen MR) is 87.2 cm³/mol. The number of alkyl halides is 1. The molecule has 1 aromatic heterocycles. The van der Waals surface area contributed by atoms with Crippen molar-refractivity contribution in [2.45, 2.75) is 4.90 Å². The zero-order valence-corrected chi connectivity index (χ0v) is 13.2. The van der Waals surface area contributed by atoms with Crippen molar-refractivity contribution in [1.29, 1.82) is 0 Å². The fourth-order valence-electron chi connectivity index (χ4n) is 2.25. The topological polar surface area (TPSA) is 48.3 Å². The molecule has 0 aliphatic carbocycles. The van der Waals surface area contributed by atoms with Crippen LogP contribution >= 0.6 is 11.6 Å². The highest BCUT2D eigenvalue weighted by atomic mass is 35.5. The summed E-state index contributed by atoms with van der Waals surface area (Å²) in [5.74, 6) is 0.970. The second-order valence-corrected chi connectivity index (χ2v) is 6.88. The summed E-state index contributed by atoms with van der Waals surface area (Å²) in [6, 6.07) is 15.4. The van der Waals surface area contributed by atoms with Gasteiger partial charge < -0.3 is 4.74 Å². The Hall–Kier alpha value is -1.98. The smallest absolute Gasteiger partial charge is 0.268 e.